The molecule has 1 fully saturated rings. The fraction of sp³-hybridized carbons (Fsp3) is 0.652. The van der Waals surface area contributed by atoms with Gasteiger partial charge in [-0.05, 0) is 61.8 Å². The number of amides is 2. The minimum Gasteiger partial charge on any atom is -0.496 e. The number of para-hydroxylation sites is 1. The lowest BCUT2D eigenvalue weighted by Crippen LogP contribution is -2.47. The summed E-state index contributed by atoms with van der Waals surface area (Å²) in [5, 5.41) is 5.91. The monoisotopic (exact) mass is 435 g/mol. The number of likely N-dealkylation sites (tertiary alicyclic amines) is 1. The van der Waals surface area contributed by atoms with Gasteiger partial charge in [-0.15, -0.1) is 0 Å². The van der Waals surface area contributed by atoms with Crippen LogP contribution in [-0.2, 0) is 4.79 Å². The Bertz CT molecular complexity index is 675. The normalized spacial score (nSPS) is 20.4. The molecular weight excluding hydrogens is 398 g/mol. The van der Waals surface area contributed by atoms with Gasteiger partial charge in [0.15, 0.2) is 0 Å². The summed E-state index contributed by atoms with van der Waals surface area (Å²) in [4.78, 5) is 28.0. The minimum absolute atomic E-state index is 0.118. The van der Waals surface area contributed by atoms with Crippen LogP contribution in [0.5, 0.6) is 5.75 Å². The first kappa shape index (κ1) is 24.5. The standard InChI is InChI=1S/C23H37N3O3S/c1-17-14-18(2)16-26(15-17)12-7-11-24-23(28)20(10-13-30-4)25-22(27)19-8-5-6-9-21(19)29-3/h5-6,8-9,17-18,20H,7,10-16H2,1-4H3,(H,24,28)(H,25,27). The van der Waals surface area contributed by atoms with Crippen molar-refractivity contribution in [1.29, 1.82) is 0 Å². The average Bonchev–Trinajstić information content (AvgIpc) is 2.73. The number of hydrogen-bond donors (Lipinski definition) is 2. The molecule has 1 aromatic rings. The summed E-state index contributed by atoms with van der Waals surface area (Å²) in [7, 11) is 1.54. The van der Waals surface area contributed by atoms with Gasteiger partial charge in [0.2, 0.25) is 5.91 Å². The molecule has 0 aromatic heterocycles. The van der Waals surface area contributed by atoms with Gasteiger partial charge in [0.25, 0.3) is 5.91 Å². The van der Waals surface area contributed by atoms with Crippen molar-refractivity contribution in [3.63, 3.8) is 0 Å². The van der Waals surface area contributed by atoms with Crippen LogP contribution in [-0.4, -0.2) is 68.1 Å². The second-order valence-electron chi connectivity index (χ2n) is 8.36. The van der Waals surface area contributed by atoms with E-state index in [1.807, 2.05) is 12.3 Å². The lowest BCUT2D eigenvalue weighted by molar-refractivity contribution is -0.123. The maximum atomic E-state index is 12.7. The van der Waals surface area contributed by atoms with E-state index < -0.39 is 6.04 Å². The van der Waals surface area contributed by atoms with Crippen LogP contribution in [0.4, 0.5) is 0 Å². The van der Waals surface area contributed by atoms with Crippen LogP contribution < -0.4 is 15.4 Å². The number of nitrogens with one attached hydrogen (secondary N) is 2. The van der Waals surface area contributed by atoms with Gasteiger partial charge in [-0.3, -0.25) is 9.59 Å². The maximum Gasteiger partial charge on any atom is 0.255 e. The molecule has 1 aliphatic heterocycles. The number of carbonyl (C=O) groups excluding carboxylic acids is 2. The largest absolute Gasteiger partial charge is 0.496 e. The summed E-state index contributed by atoms with van der Waals surface area (Å²) >= 11 is 1.66. The molecule has 3 atom stereocenters. The van der Waals surface area contributed by atoms with Crippen molar-refractivity contribution in [2.45, 2.75) is 39.2 Å². The molecule has 2 N–H and O–H groups in total. The molecule has 1 saturated heterocycles. The number of ether oxygens (including phenoxy) is 1. The van der Waals surface area contributed by atoms with Gasteiger partial charge in [0.05, 0.1) is 12.7 Å². The molecule has 1 aromatic carbocycles. The average molecular weight is 436 g/mol. The number of nitrogens with zero attached hydrogens (tertiary/aromatic N) is 1. The molecule has 168 valence electrons. The Hall–Kier alpha value is -1.73. The quantitative estimate of drug-likeness (QED) is 0.523. The zero-order valence-corrected chi connectivity index (χ0v) is 19.6. The highest BCUT2D eigenvalue weighted by Crippen LogP contribution is 2.21. The van der Waals surface area contributed by atoms with E-state index in [2.05, 4.69) is 29.4 Å². The van der Waals surface area contributed by atoms with Gasteiger partial charge in [0, 0.05) is 19.6 Å². The number of benzene rings is 1. The summed E-state index contributed by atoms with van der Waals surface area (Å²) < 4.78 is 5.27. The summed E-state index contributed by atoms with van der Waals surface area (Å²) in [6.07, 6.45) is 4.81. The van der Waals surface area contributed by atoms with E-state index in [0.29, 0.717) is 24.3 Å². The van der Waals surface area contributed by atoms with Gasteiger partial charge in [-0.1, -0.05) is 26.0 Å². The van der Waals surface area contributed by atoms with Crippen LogP contribution in [0.3, 0.4) is 0 Å². The van der Waals surface area contributed by atoms with Crippen LogP contribution in [0, 0.1) is 11.8 Å². The molecular formula is C23H37N3O3S. The number of rotatable bonds is 11. The van der Waals surface area contributed by atoms with Crippen molar-refractivity contribution in [3.05, 3.63) is 29.8 Å². The summed E-state index contributed by atoms with van der Waals surface area (Å²) in [5.41, 5.74) is 0.440. The second kappa shape index (κ2) is 12.8. The molecule has 0 saturated carbocycles. The molecule has 0 aliphatic carbocycles. The maximum absolute atomic E-state index is 12.7. The minimum atomic E-state index is -0.551. The molecule has 0 spiro atoms. The summed E-state index contributed by atoms with van der Waals surface area (Å²) in [5.74, 6) is 2.38. The molecule has 0 bridgehead atoms. The first-order chi connectivity index (χ1) is 14.4. The third-order valence-corrected chi connectivity index (χ3v) is 6.12. The molecule has 7 heteroatoms. The number of piperidine rings is 1. The van der Waals surface area contributed by atoms with E-state index >= 15 is 0 Å². The molecule has 2 amide bonds. The van der Waals surface area contributed by atoms with Crippen molar-refractivity contribution >= 4 is 23.6 Å². The molecule has 6 nitrogen and oxygen atoms in total. The van der Waals surface area contributed by atoms with Crippen LogP contribution in [0.15, 0.2) is 24.3 Å². The van der Waals surface area contributed by atoms with Crippen molar-refractivity contribution in [2.75, 3.05) is 45.3 Å². The Balaban J connectivity index is 1.84. The number of methoxy groups -OCH3 is 1. The third kappa shape index (κ3) is 7.84. The van der Waals surface area contributed by atoms with Gasteiger partial charge in [-0.25, -0.2) is 0 Å². The lowest BCUT2D eigenvalue weighted by Gasteiger charge is -2.35. The predicted molar refractivity (Wildman–Crippen MR) is 124 cm³/mol. The second-order valence-corrected chi connectivity index (χ2v) is 9.34. The van der Waals surface area contributed by atoms with Crippen LogP contribution >= 0.6 is 11.8 Å². The SMILES string of the molecule is COc1ccccc1C(=O)NC(CCSC)C(=O)NCCCN1CC(C)CC(C)C1. The Labute approximate surface area is 185 Å². The first-order valence-corrected chi connectivity index (χ1v) is 12.3. The van der Waals surface area contributed by atoms with E-state index in [-0.39, 0.29) is 11.8 Å². The van der Waals surface area contributed by atoms with E-state index in [4.69, 9.17) is 4.74 Å². The Morgan fingerprint density at radius 2 is 1.93 bits per heavy atom. The lowest BCUT2D eigenvalue weighted by atomic mass is 9.92. The van der Waals surface area contributed by atoms with Gasteiger partial charge in [-0.2, -0.15) is 11.8 Å². The fourth-order valence-electron chi connectivity index (χ4n) is 4.18. The van der Waals surface area contributed by atoms with Gasteiger partial charge < -0.3 is 20.3 Å². The van der Waals surface area contributed by atoms with Crippen LogP contribution in [0.1, 0.15) is 43.5 Å². The molecule has 30 heavy (non-hydrogen) atoms. The highest BCUT2D eigenvalue weighted by molar-refractivity contribution is 7.98. The van der Waals surface area contributed by atoms with E-state index in [0.717, 1.165) is 43.6 Å². The number of thioether (sulfide) groups is 1. The summed E-state index contributed by atoms with van der Waals surface area (Å²) in [6.45, 7) is 8.53. The number of carbonyl (C=O) groups is 2. The topological polar surface area (TPSA) is 70.7 Å². The van der Waals surface area contributed by atoms with Crippen LogP contribution in [0.2, 0.25) is 0 Å². The van der Waals surface area contributed by atoms with Crippen molar-refractivity contribution in [1.82, 2.24) is 15.5 Å². The smallest absolute Gasteiger partial charge is 0.255 e. The molecule has 1 heterocycles. The highest BCUT2D eigenvalue weighted by atomic mass is 32.2. The van der Waals surface area contributed by atoms with E-state index in [9.17, 15) is 9.59 Å². The Morgan fingerprint density at radius 3 is 2.60 bits per heavy atom. The van der Waals surface area contributed by atoms with Crippen molar-refractivity contribution < 1.29 is 14.3 Å². The zero-order valence-electron chi connectivity index (χ0n) is 18.8. The predicted octanol–water partition coefficient (Wildman–Crippen LogP) is 3.03. The van der Waals surface area contributed by atoms with E-state index in [1.54, 1.807) is 30.0 Å². The number of hydrogen-bond acceptors (Lipinski definition) is 5. The fourth-order valence-corrected chi connectivity index (χ4v) is 4.66. The molecule has 2 rings (SSSR count). The van der Waals surface area contributed by atoms with Gasteiger partial charge >= 0.3 is 0 Å². The molecule has 0 radical (unpaired) electrons. The Kier molecular flexibility index (Phi) is 10.5. The van der Waals surface area contributed by atoms with Crippen LogP contribution in [0.25, 0.3) is 0 Å². The molecule has 1 aliphatic rings. The molecule has 3 unspecified atom stereocenters. The highest BCUT2D eigenvalue weighted by Gasteiger charge is 2.23. The first-order valence-electron chi connectivity index (χ1n) is 10.9. The van der Waals surface area contributed by atoms with Gasteiger partial charge in [0.1, 0.15) is 11.8 Å². The van der Waals surface area contributed by atoms with Crippen molar-refractivity contribution in [3.8, 4) is 5.75 Å². The summed E-state index contributed by atoms with van der Waals surface area (Å²) in [6, 6.07) is 6.51. The zero-order chi connectivity index (χ0) is 21.9. The van der Waals surface area contributed by atoms with E-state index in [1.165, 1.54) is 13.5 Å². The third-order valence-electron chi connectivity index (χ3n) is 5.48. The van der Waals surface area contributed by atoms with Crippen molar-refractivity contribution in [2.24, 2.45) is 11.8 Å². The Morgan fingerprint density at radius 1 is 1.23 bits per heavy atom.